The van der Waals surface area contributed by atoms with E-state index in [1.807, 2.05) is 11.9 Å². The van der Waals surface area contributed by atoms with Crippen LogP contribution >= 0.6 is 0 Å². The Hall–Kier alpha value is -1.62. The Morgan fingerprint density at radius 2 is 2.16 bits per heavy atom. The van der Waals surface area contributed by atoms with Crippen LogP contribution in [-0.4, -0.2) is 37.9 Å². The van der Waals surface area contributed by atoms with Crippen LogP contribution in [0.4, 0.5) is 10.1 Å². The first-order valence-electron chi connectivity index (χ1n) is 6.31. The summed E-state index contributed by atoms with van der Waals surface area (Å²) >= 11 is 0. The number of carboxylic acid groups (broad SMARTS) is 1. The fourth-order valence-corrected chi connectivity index (χ4v) is 2.45. The van der Waals surface area contributed by atoms with Gasteiger partial charge in [-0.15, -0.1) is 0 Å². The third-order valence-corrected chi connectivity index (χ3v) is 3.58. The minimum Gasteiger partial charge on any atom is -0.481 e. The Labute approximate surface area is 111 Å². The first kappa shape index (κ1) is 13.8. The summed E-state index contributed by atoms with van der Waals surface area (Å²) in [6.45, 7) is 1.21. The minimum atomic E-state index is -0.874. The zero-order valence-corrected chi connectivity index (χ0v) is 10.9. The van der Waals surface area contributed by atoms with E-state index >= 15 is 0 Å². The number of rotatable bonds is 4. The number of anilines is 1. The fraction of sp³-hybridized carbons (Fsp3) is 0.500. The average molecular weight is 267 g/mol. The summed E-state index contributed by atoms with van der Waals surface area (Å²) in [5.41, 5.74) is -0.0749. The lowest BCUT2D eigenvalue weighted by atomic mass is 9.82. The van der Waals surface area contributed by atoms with Gasteiger partial charge in [-0.3, -0.25) is 4.79 Å². The number of carbonyl (C=O) groups is 1. The van der Waals surface area contributed by atoms with Gasteiger partial charge in [-0.2, -0.15) is 0 Å². The molecule has 4 nitrogen and oxygen atoms in total. The van der Waals surface area contributed by atoms with Crippen molar-refractivity contribution in [1.82, 2.24) is 0 Å². The van der Waals surface area contributed by atoms with Crippen molar-refractivity contribution in [2.75, 3.05) is 31.7 Å². The molecule has 19 heavy (non-hydrogen) atoms. The van der Waals surface area contributed by atoms with E-state index in [4.69, 9.17) is 4.74 Å². The fourth-order valence-electron chi connectivity index (χ4n) is 2.45. The topological polar surface area (TPSA) is 49.8 Å². The Kier molecular flexibility index (Phi) is 4.04. The van der Waals surface area contributed by atoms with E-state index in [1.54, 1.807) is 12.1 Å². The van der Waals surface area contributed by atoms with Crippen LogP contribution < -0.4 is 4.90 Å². The van der Waals surface area contributed by atoms with E-state index in [9.17, 15) is 14.3 Å². The molecule has 1 aromatic rings. The zero-order chi connectivity index (χ0) is 13.9. The van der Waals surface area contributed by atoms with Crippen molar-refractivity contribution in [3.63, 3.8) is 0 Å². The summed E-state index contributed by atoms with van der Waals surface area (Å²) in [6.07, 6.45) is 1.36. The molecule has 0 amide bonds. The molecule has 0 saturated carbocycles. The van der Waals surface area contributed by atoms with E-state index in [2.05, 4.69) is 0 Å². The molecule has 1 N–H and O–H groups in total. The maximum Gasteiger partial charge on any atom is 0.313 e. The quantitative estimate of drug-likeness (QED) is 0.908. The van der Waals surface area contributed by atoms with E-state index in [0.29, 0.717) is 19.6 Å². The van der Waals surface area contributed by atoms with Gasteiger partial charge in [0.05, 0.1) is 6.61 Å². The molecule has 1 aromatic carbocycles. The molecular weight excluding hydrogens is 249 g/mol. The van der Waals surface area contributed by atoms with Gasteiger partial charge in [-0.05, 0) is 37.1 Å². The molecule has 5 heteroatoms. The second-order valence-corrected chi connectivity index (χ2v) is 5.07. The van der Waals surface area contributed by atoms with E-state index in [1.165, 1.54) is 12.1 Å². The van der Waals surface area contributed by atoms with Gasteiger partial charge in [-0.25, -0.2) is 4.39 Å². The van der Waals surface area contributed by atoms with Gasteiger partial charge < -0.3 is 14.7 Å². The molecule has 1 aliphatic heterocycles. The summed E-state index contributed by atoms with van der Waals surface area (Å²) in [5, 5.41) is 9.46. The number of nitrogens with zero attached hydrogens (tertiary/aromatic N) is 1. The van der Waals surface area contributed by atoms with Crippen molar-refractivity contribution in [2.45, 2.75) is 12.8 Å². The lowest BCUT2D eigenvalue weighted by molar-refractivity contribution is -0.156. The standard InChI is InChI=1S/C14H18FNO3/c1-16(12-5-3-11(15)4-6-12)9-14(13(17)18)7-2-8-19-10-14/h3-6H,2,7-10H2,1H3,(H,17,18). The molecule has 0 bridgehead atoms. The number of halogens is 1. The normalized spacial score (nSPS) is 23.1. The van der Waals surface area contributed by atoms with Crippen molar-refractivity contribution in [1.29, 1.82) is 0 Å². The summed E-state index contributed by atoms with van der Waals surface area (Å²) in [5.74, 6) is -1.13. The number of hydrogen-bond donors (Lipinski definition) is 1. The smallest absolute Gasteiger partial charge is 0.313 e. The molecule has 104 valence electrons. The molecule has 0 aliphatic carbocycles. The van der Waals surface area contributed by atoms with Crippen LogP contribution in [0, 0.1) is 11.2 Å². The Morgan fingerprint density at radius 1 is 1.47 bits per heavy atom. The Bertz CT molecular complexity index is 441. The molecule has 1 atom stereocenters. The molecule has 1 aliphatic rings. The van der Waals surface area contributed by atoms with Crippen molar-refractivity contribution in [2.24, 2.45) is 5.41 Å². The molecule has 1 heterocycles. The molecule has 0 aromatic heterocycles. The van der Waals surface area contributed by atoms with Crippen molar-refractivity contribution >= 4 is 11.7 Å². The monoisotopic (exact) mass is 267 g/mol. The van der Waals surface area contributed by atoms with Gasteiger partial charge in [0.2, 0.25) is 0 Å². The first-order valence-corrected chi connectivity index (χ1v) is 6.31. The second kappa shape index (κ2) is 5.57. The maximum atomic E-state index is 12.9. The number of benzene rings is 1. The number of hydrogen-bond acceptors (Lipinski definition) is 3. The summed E-state index contributed by atoms with van der Waals surface area (Å²) < 4.78 is 18.2. The second-order valence-electron chi connectivity index (χ2n) is 5.07. The van der Waals surface area contributed by atoms with Gasteiger partial charge in [0.1, 0.15) is 11.2 Å². The summed E-state index contributed by atoms with van der Waals surface area (Å²) in [6, 6.07) is 6.04. The highest BCUT2D eigenvalue weighted by molar-refractivity contribution is 5.76. The van der Waals surface area contributed by atoms with Crippen LogP contribution in [0.3, 0.4) is 0 Å². The number of ether oxygens (including phenoxy) is 1. The molecular formula is C14H18FNO3. The third-order valence-electron chi connectivity index (χ3n) is 3.58. The van der Waals surface area contributed by atoms with Gasteiger partial charge >= 0.3 is 5.97 Å². The van der Waals surface area contributed by atoms with Gasteiger partial charge in [0, 0.05) is 25.9 Å². The maximum absolute atomic E-state index is 12.9. The van der Waals surface area contributed by atoms with Crippen LogP contribution in [-0.2, 0) is 9.53 Å². The van der Waals surface area contributed by atoms with Crippen LogP contribution in [0.5, 0.6) is 0 Å². The van der Waals surface area contributed by atoms with Crippen LogP contribution in [0.1, 0.15) is 12.8 Å². The first-order chi connectivity index (χ1) is 9.03. The highest BCUT2D eigenvalue weighted by atomic mass is 19.1. The van der Waals surface area contributed by atoms with Gasteiger partial charge in [-0.1, -0.05) is 0 Å². The molecule has 1 unspecified atom stereocenters. The van der Waals surface area contributed by atoms with Crippen LogP contribution in [0.2, 0.25) is 0 Å². The third kappa shape index (κ3) is 3.04. The summed E-state index contributed by atoms with van der Waals surface area (Å²) in [7, 11) is 1.81. The highest BCUT2D eigenvalue weighted by Crippen LogP contribution is 2.31. The summed E-state index contributed by atoms with van der Waals surface area (Å²) in [4.78, 5) is 13.4. The lowest BCUT2D eigenvalue weighted by Gasteiger charge is -2.36. The van der Waals surface area contributed by atoms with Crippen molar-refractivity contribution < 1.29 is 19.0 Å². The Morgan fingerprint density at radius 3 is 2.68 bits per heavy atom. The molecule has 2 rings (SSSR count). The van der Waals surface area contributed by atoms with Gasteiger partial charge in [0.15, 0.2) is 0 Å². The molecule has 0 spiro atoms. The van der Waals surface area contributed by atoms with E-state index < -0.39 is 11.4 Å². The van der Waals surface area contributed by atoms with Gasteiger partial charge in [0.25, 0.3) is 0 Å². The lowest BCUT2D eigenvalue weighted by Crippen LogP contribution is -2.47. The van der Waals surface area contributed by atoms with E-state index in [0.717, 1.165) is 12.1 Å². The zero-order valence-electron chi connectivity index (χ0n) is 10.9. The Balaban J connectivity index is 2.12. The van der Waals surface area contributed by atoms with Crippen LogP contribution in [0.15, 0.2) is 24.3 Å². The predicted molar refractivity (Wildman–Crippen MR) is 69.8 cm³/mol. The highest BCUT2D eigenvalue weighted by Gasteiger charge is 2.41. The predicted octanol–water partition coefficient (Wildman–Crippen LogP) is 2.14. The van der Waals surface area contributed by atoms with Crippen molar-refractivity contribution in [3.8, 4) is 0 Å². The largest absolute Gasteiger partial charge is 0.481 e. The number of aliphatic carboxylic acids is 1. The number of carboxylic acids is 1. The molecule has 1 saturated heterocycles. The van der Waals surface area contributed by atoms with E-state index in [-0.39, 0.29) is 12.4 Å². The van der Waals surface area contributed by atoms with Crippen LogP contribution in [0.25, 0.3) is 0 Å². The SMILES string of the molecule is CN(CC1(C(=O)O)CCCOC1)c1ccc(F)cc1. The molecule has 1 fully saturated rings. The average Bonchev–Trinajstić information content (AvgIpc) is 2.40. The minimum absolute atomic E-state index is 0.230. The van der Waals surface area contributed by atoms with Crippen molar-refractivity contribution in [3.05, 3.63) is 30.1 Å². The molecule has 0 radical (unpaired) electrons.